The first-order valence-electron chi connectivity index (χ1n) is 2.12. The van der Waals surface area contributed by atoms with Crippen LogP contribution >= 0.6 is 9.12 Å². The first-order valence-corrected chi connectivity index (χ1v) is 2.53. The fourth-order valence-electron chi connectivity index (χ4n) is 0. The molecule has 2 heteroatoms. The molecule has 0 amide bonds. The van der Waals surface area contributed by atoms with E-state index in [1.807, 2.05) is 0 Å². The van der Waals surface area contributed by atoms with Crippen molar-refractivity contribution in [3.63, 3.8) is 0 Å². The molecule has 6 heavy (non-hydrogen) atoms. The molecule has 0 unspecified atom stereocenters. The quantitative estimate of drug-likeness (QED) is 0.468. The summed E-state index contributed by atoms with van der Waals surface area (Å²) in [5.74, 6) is 0. The molecule has 0 rings (SSSR count). The molecular weight excluding hydrogens is 95.0 g/mol. The van der Waals surface area contributed by atoms with E-state index in [2.05, 4.69) is 13.8 Å². The zero-order chi connectivity index (χ0) is 5.41. The van der Waals surface area contributed by atoms with E-state index < -0.39 is 0 Å². The SMILES string of the molecule is CCCC.O=P. The summed E-state index contributed by atoms with van der Waals surface area (Å²) < 4.78 is 8.06. The van der Waals surface area contributed by atoms with Crippen molar-refractivity contribution in [1.29, 1.82) is 0 Å². The van der Waals surface area contributed by atoms with Gasteiger partial charge in [0.05, 0.1) is 0 Å². The van der Waals surface area contributed by atoms with Gasteiger partial charge in [-0.25, -0.2) is 0 Å². The van der Waals surface area contributed by atoms with Crippen LogP contribution in [0.1, 0.15) is 26.7 Å². The van der Waals surface area contributed by atoms with Crippen LogP contribution in [0.25, 0.3) is 0 Å². The summed E-state index contributed by atoms with van der Waals surface area (Å²) in [6.07, 6.45) is 2.64. The minimum absolute atomic E-state index is 1.32. The molecule has 0 radical (unpaired) electrons. The second-order valence-electron chi connectivity index (χ2n) is 1.000. The Morgan fingerprint density at radius 1 is 1.17 bits per heavy atom. The molecule has 0 fully saturated rings. The van der Waals surface area contributed by atoms with Crippen LogP contribution in [0.15, 0.2) is 0 Å². The fraction of sp³-hybridized carbons (Fsp3) is 1.00. The molecular formula is C4H11OP. The van der Waals surface area contributed by atoms with Crippen molar-refractivity contribution in [1.82, 2.24) is 0 Å². The molecule has 38 valence electrons. The lowest BCUT2D eigenvalue weighted by Gasteiger charge is -1.68. The zero-order valence-electron chi connectivity index (χ0n) is 4.32. The highest BCUT2D eigenvalue weighted by molar-refractivity contribution is 7.00. The van der Waals surface area contributed by atoms with Crippen LogP contribution in [0.3, 0.4) is 0 Å². The Labute approximate surface area is 41.4 Å². The Balaban J connectivity index is 0. The average Bonchev–Trinajstić information content (AvgIpc) is 1.72. The molecule has 0 heterocycles. The molecule has 0 aromatic rings. The van der Waals surface area contributed by atoms with Gasteiger partial charge < -0.3 is 0 Å². The van der Waals surface area contributed by atoms with E-state index in [9.17, 15) is 0 Å². The number of hydrogen-bond donors (Lipinski definition) is 0. The van der Waals surface area contributed by atoms with Gasteiger partial charge in [-0.05, 0) is 0 Å². The van der Waals surface area contributed by atoms with E-state index in [1.165, 1.54) is 12.8 Å². The minimum atomic E-state index is 1.32. The maximum atomic E-state index is 8.06. The number of rotatable bonds is 1. The normalized spacial score (nSPS) is 5.67. The first kappa shape index (κ1) is 9.44. The molecule has 0 bridgehead atoms. The van der Waals surface area contributed by atoms with Crippen LogP contribution in [0.4, 0.5) is 0 Å². The highest BCUT2D eigenvalue weighted by Crippen LogP contribution is 1.76. The van der Waals surface area contributed by atoms with Crippen LogP contribution < -0.4 is 0 Å². The third-order valence-corrected chi connectivity index (χ3v) is 0.500. The highest BCUT2D eigenvalue weighted by Gasteiger charge is 1.56. The summed E-state index contributed by atoms with van der Waals surface area (Å²) in [5, 5.41) is 0. The summed E-state index contributed by atoms with van der Waals surface area (Å²) >= 11 is 0. The Morgan fingerprint density at radius 2 is 1.33 bits per heavy atom. The van der Waals surface area contributed by atoms with Gasteiger partial charge in [0.25, 0.3) is 0 Å². The average molecular weight is 106 g/mol. The van der Waals surface area contributed by atoms with Gasteiger partial charge in [-0.3, -0.25) is 4.57 Å². The predicted octanol–water partition coefficient (Wildman–Crippen LogP) is 2.28. The molecule has 0 atom stereocenters. The maximum Gasteiger partial charge on any atom is 0.138 e. The smallest absolute Gasteiger partial charge is 0.138 e. The van der Waals surface area contributed by atoms with Gasteiger partial charge in [0, 0.05) is 0 Å². The van der Waals surface area contributed by atoms with Crippen molar-refractivity contribution in [2.45, 2.75) is 26.7 Å². The van der Waals surface area contributed by atoms with Crippen LogP contribution in [-0.2, 0) is 4.57 Å². The topological polar surface area (TPSA) is 17.1 Å². The van der Waals surface area contributed by atoms with Crippen molar-refractivity contribution >= 4 is 9.12 Å². The minimum Gasteiger partial charge on any atom is -0.279 e. The monoisotopic (exact) mass is 106 g/mol. The molecule has 0 aliphatic carbocycles. The van der Waals surface area contributed by atoms with E-state index in [0.29, 0.717) is 0 Å². The molecule has 0 aliphatic heterocycles. The molecule has 1 nitrogen and oxygen atoms in total. The van der Waals surface area contributed by atoms with E-state index in [4.69, 9.17) is 4.57 Å². The van der Waals surface area contributed by atoms with E-state index in [1.54, 1.807) is 9.12 Å². The molecule has 0 aromatic carbocycles. The second kappa shape index (κ2) is 19.4. The maximum absolute atomic E-state index is 8.06. The largest absolute Gasteiger partial charge is 0.279 e. The van der Waals surface area contributed by atoms with Gasteiger partial charge in [-0.15, -0.1) is 0 Å². The van der Waals surface area contributed by atoms with Gasteiger partial charge in [0.15, 0.2) is 0 Å². The van der Waals surface area contributed by atoms with Gasteiger partial charge in [-0.2, -0.15) is 0 Å². The Morgan fingerprint density at radius 3 is 1.33 bits per heavy atom. The Bertz CT molecular complexity index is 15.0. The van der Waals surface area contributed by atoms with Gasteiger partial charge in [-0.1, -0.05) is 26.7 Å². The zero-order valence-corrected chi connectivity index (χ0v) is 5.32. The van der Waals surface area contributed by atoms with Crippen molar-refractivity contribution in [2.24, 2.45) is 0 Å². The van der Waals surface area contributed by atoms with Gasteiger partial charge >= 0.3 is 0 Å². The molecule has 0 saturated carbocycles. The summed E-state index contributed by atoms with van der Waals surface area (Å²) in [4.78, 5) is 0. The van der Waals surface area contributed by atoms with Crippen LogP contribution in [0.2, 0.25) is 0 Å². The van der Waals surface area contributed by atoms with Crippen LogP contribution in [0, 0.1) is 0 Å². The van der Waals surface area contributed by atoms with Gasteiger partial charge in [0.1, 0.15) is 9.12 Å². The summed E-state index contributed by atoms with van der Waals surface area (Å²) in [6, 6.07) is 0. The first-order chi connectivity index (χ1) is 2.91. The van der Waals surface area contributed by atoms with Crippen molar-refractivity contribution in [3.8, 4) is 0 Å². The molecule has 0 spiro atoms. The summed E-state index contributed by atoms with van der Waals surface area (Å²) in [5.41, 5.74) is 0. The molecule has 0 saturated heterocycles. The Kier molecular flexibility index (Phi) is 30.6. The number of hydrogen-bond acceptors (Lipinski definition) is 1. The third-order valence-electron chi connectivity index (χ3n) is 0.500. The second-order valence-corrected chi connectivity index (χ2v) is 1.000. The van der Waals surface area contributed by atoms with E-state index in [-0.39, 0.29) is 0 Å². The lowest BCUT2D eigenvalue weighted by Crippen LogP contribution is -1.47. The molecule has 0 aromatic heterocycles. The van der Waals surface area contributed by atoms with E-state index >= 15 is 0 Å². The number of unbranched alkanes of at least 4 members (excludes halogenated alkanes) is 1. The van der Waals surface area contributed by atoms with Crippen molar-refractivity contribution < 1.29 is 4.57 Å². The molecule has 0 aliphatic rings. The van der Waals surface area contributed by atoms with E-state index in [0.717, 1.165) is 0 Å². The predicted molar refractivity (Wildman–Crippen MR) is 29.6 cm³/mol. The lowest BCUT2D eigenvalue weighted by molar-refractivity contribution is 0.607. The fourth-order valence-corrected chi connectivity index (χ4v) is 0. The molecule has 0 N–H and O–H groups in total. The third kappa shape index (κ3) is 32.6. The summed E-state index contributed by atoms with van der Waals surface area (Å²) in [7, 11) is 1.72. The van der Waals surface area contributed by atoms with Crippen LogP contribution in [-0.4, -0.2) is 0 Å². The highest BCUT2D eigenvalue weighted by atomic mass is 31.0. The summed E-state index contributed by atoms with van der Waals surface area (Å²) in [6.45, 7) is 4.36. The standard InChI is InChI=1S/C4H10.HOP/c1-3-4-2;1-2/h3-4H2,1-2H3;2H. The Hall–Kier alpha value is 0.100. The van der Waals surface area contributed by atoms with Gasteiger partial charge in [0.2, 0.25) is 0 Å². The lowest BCUT2D eigenvalue weighted by atomic mass is 10.4. The van der Waals surface area contributed by atoms with Crippen molar-refractivity contribution in [3.05, 3.63) is 0 Å². The van der Waals surface area contributed by atoms with Crippen LogP contribution in [0.5, 0.6) is 0 Å². The van der Waals surface area contributed by atoms with Crippen molar-refractivity contribution in [2.75, 3.05) is 0 Å².